The Bertz CT molecular complexity index is 312. The van der Waals surface area contributed by atoms with Crippen molar-refractivity contribution in [3.8, 4) is 0 Å². The third kappa shape index (κ3) is 3.61. The van der Waals surface area contributed by atoms with E-state index in [0.29, 0.717) is 12.1 Å². The standard InChI is InChI=1S/C12H19FN2/c1-9-5-6-11(13)10(8-9)12(15)4-2-3-7-14/h5-6,8,12H,2-4,7,14-15H2,1H3/t12-/m0/s1. The summed E-state index contributed by atoms with van der Waals surface area (Å²) in [6, 6.07) is 4.85. The Labute approximate surface area is 90.5 Å². The Morgan fingerprint density at radius 3 is 2.73 bits per heavy atom. The zero-order valence-corrected chi connectivity index (χ0v) is 9.17. The summed E-state index contributed by atoms with van der Waals surface area (Å²) in [6.07, 6.45) is 2.68. The zero-order valence-electron chi connectivity index (χ0n) is 9.17. The number of aryl methyl sites for hydroxylation is 1. The Morgan fingerprint density at radius 1 is 1.33 bits per heavy atom. The number of hydrogen-bond donors (Lipinski definition) is 2. The minimum absolute atomic E-state index is 0.208. The van der Waals surface area contributed by atoms with Crippen molar-refractivity contribution >= 4 is 0 Å². The lowest BCUT2D eigenvalue weighted by Crippen LogP contribution is -2.13. The molecule has 0 saturated carbocycles. The van der Waals surface area contributed by atoms with Crippen molar-refractivity contribution in [3.63, 3.8) is 0 Å². The van der Waals surface area contributed by atoms with E-state index in [4.69, 9.17) is 11.5 Å². The van der Waals surface area contributed by atoms with Crippen molar-refractivity contribution < 1.29 is 4.39 Å². The number of nitrogens with two attached hydrogens (primary N) is 2. The Kier molecular flexibility index (Phi) is 4.72. The summed E-state index contributed by atoms with van der Waals surface area (Å²) in [5.41, 5.74) is 13.0. The van der Waals surface area contributed by atoms with Crippen LogP contribution in [0.1, 0.15) is 36.4 Å². The molecule has 0 spiro atoms. The van der Waals surface area contributed by atoms with E-state index in [-0.39, 0.29) is 11.9 Å². The molecule has 0 amide bonds. The molecule has 0 aliphatic carbocycles. The Hall–Kier alpha value is -0.930. The highest BCUT2D eigenvalue weighted by Gasteiger charge is 2.10. The molecule has 0 aromatic heterocycles. The van der Waals surface area contributed by atoms with Gasteiger partial charge in [0.1, 0.15) is 5.82 Å². The van der Waals surface area contributed by atoms with Gasteiger partial charge in [0.15, 0.2) is 0 Å². The van der Waals surface area contributed by atoms with E-state index in [1.165, 1.54) is 6.07 Å². The fourth-order valence-electron chi connectivity index (χ4n) is 1.61. The van der Waals surface area contributed by atoms with Gasteiger partial charge in [0.2, 0.25) is 0 Å². The van der Waals surface area contributed by atoms with Crippen LogP contribution >= 0.6 is 0 Å². The highest BCUT2D eigenvalue weighted by Crippen LogP contribution is 2.20. The molecular weight excluding hydrogens is 191 g/mol. The molecule has 15 heavy (non-hydrogen) atoms. The minimum Gasteiger partial charge on any atom is -0.330 e. The van der Waals surface area contributed by atoms with E-state index in [1.807, 2.05) is 13.0 Å². The lowest BCUT2D eigenvalue weighted by molar-refractivity contribution is 0.542. The molecule has 0 unspecified atom stereocenters. The number of rotatable bonds is 5. The maximum Gasteiger partial charge on any atom is 0.127 e. The molecule has 4 N–H and O–H groups in total. The van der Waals surface area contributed by atoms with Gasteiger partial charge in [0.05, 0.1) is 0 Å². The molecule has 0 aliphatic rings. The second-order valence-electron chi connectivity index (χ2n) is 3.92. The molecule has 3 heteroatoms. The van der Waals surface area contributed by atoms with Crippen molar-refractivity contribution in [3.05, 3.63) is 35.1 Å². The molecule has 1 atom stereocenters. The third-order valence-corrected chi connectivity index (χ3v) is 2.52. The third-order valence-electron chi connectivity index (χ3n) is 2.52. The molecule has 1 aromatic carbocycles. The molecule has 0 fully saturated rings. The highest BCUT2D eigenvalue weighted by molar-refractivity contribution is 5.26. The Morgan fingerprint density at radius 2 is 2.07 bits per heavy atom. The summed E-state index contributed by atoms with van der Waals surface area (Å²) >= 11 is 0. The van der Waals surface area contributed by atoms with Gasteiger partial charge in [-0.15, -0.1) is 0 Å². The molecule has 0 radical (unpaired) electrons. The van der Waals surface area contributed by atoms with Gasteiger partial charge in [-0.1, -0.05) is 24.1 Å². The van der Waals surface area contributed by atoms with E-state index in [0.717, 1.165) is 24.8 Å². The summed E-state index contributed by atoms with van der Waals surface area (Å²) in [4.78, 5) is 0. The normalized spacial score (nSPS) is 12.8. The van der Waals surface area contributed by atoms with Crippen LogP contribution in [0.4, 0.5) is 4.39 Å². The molecule has 2 nitrogen and oxygen atoms in total. The van der Waals surface area contributed by atoms with Crippen molar-refractivity contribution in [2.24, 2.45) is 11.5 Å². The molecule has 0 bridgehead atoms. The van der Waals surface area contributed by atoms with Crippen LogP contribution in [0.15, 0.2) is 18.2 Å². The van der Waals surface area contributed by atoms with Crippen molar-refractivity contribution in [2.45, 2.75) is 32.2 Å². The average molecular weight is 210 g/mol. The predicted molar refractivity (Wildman–Crippen MR) is 61.0 cm³/mol. The van der Waals surface area contributed by atoms with Crippen LogP contribution in [-0.2, 0) is 0 Å². The second kappa shape index (κ2) is 5.83. The predicted octanol–water partition coefficient (Wildman–Crippen LogP) is 2.26. The van der Waals surface area contributed by atoms with Gasteiger partial charge in [-0.2, -0.15) is 0 Å². The van der Waals surface area contributed by atoms with Crippen LogP contribution in [0.2, 0.25) is 0 Å². The smallest absolute Gasteiger partial charge is 0.127 e. The van der Waals surface area contributed by atoms with Crippen LogP contribution in [0.25, 0.3) is 0 Å². The van der Waals surface area contributed by atoms with E-state index in [1.54, 1.807) is 6.07 Å². The Balaban J connectivity index is 2.64. The largest absolute Gasteiger partial charge is 0.330 e. The van der Waals surface area contributed by atoms with E-state index < -0.39 is 0 Å². The van der Waals surface area contributed by atoms with E-state index >= 15 is 0 Å². The van der Waals surface area contributed by atoms with Gasteiger partial charge in [0, 0.05) is 11.6 Å². The van der Waals surface area contributed by atoms with Gasteiger partial charge < -0.3 is 11.5 Å². The SMILES string of the molecule is Cc1ccc(F)c([C@@H](N)CCCCN)c1. The second-order valence-corrected chi connectivity index (χ2v) is 3.92. The molecule has 0 saturated heterocycles. The summed E-state index contributed by atoms with van der Waals surface area (Å²) < 4.78 is 13.4. The van der Waals surface area contributed by atoms with Crippen LogP contribution < -0.4 is 11.5 Å². The van der Waals surface area contributed by atoms with Crippen molar-refractivity contribution in [1.82, 2.24) is 0 Å². The molecule has 84 valence electrons. The fourth-order valence-corrected chi connectivity index (χ4v) is 1.61. The molecular formula is C12H19FN2. The fraction of sp³-hybridized carbons (Fsp3) is 0.500. The van der Waals surface area contributed by atoms with Crippen LogP contribution in [-0.4, -0.2) is 6.54 Å². The van der Waals surface area contributed by atoms with Gasteiger partial charge >= 0.3 is 0 Å². The van der Waals surface area contributed by atoms with Crippen LogP contribution in [0, 0.1) is 12.7 Å². The molecule has 1 rings (SSSR count). The first-order valence-corrected chi connectivity index (χ1v) is 5.37. The maximum atomic E-state index is 13.4. The summed E-state index contributed by atoms with van der Waals surface area (Å²) in [6.45, 7) is 2.61. The molecule has 0 aliphatic heterocycles. The highest BCUT2D eigenvalue weighted by atomic mass is 19.1. The van der Waals surface area contributed by atoms with Gasteiger partial charge in [0.25, 0.3) is 0 Å². The topological polar surface area (TPSA) is 52.0 Å². The first-order valence-electron chi connectivity index (χ1n) is 5.37. The summed E-state index contributed by atoms with van der Waals surface area (Å²) in [7, 11) is 0. The van der Waals surface area contributed by atoms with Crippen molar-refractivity contribution in [2.75, 3.05) is 6.54 Å². The zero-order chi connectivity index (χ0) is 11.3. The van der Waals surface area contributed by atoms with Crippen LogP contribution in [0.5, 0.6) is 0 Å². The summed E-state index contributed by atoms with van der Waals surface area (Å²) in [5, 5.41) is 0. The number of unbranched alkanes of at least 4 members (excludes halogenated alkanes) is 1. The molecule has 0 heterocycles. The first-order chi connectivity index (χ1) is 7.15. The maximum absolute atomic E-state index is 13.4. The van der Waals surface area contributed by atoms with E-state index in [9.17, 15) is 4.39 Å². The van der Waals surface area contributed by atoms with Gasteiger partial charge in [-0.25, -0.2) is 4.39 Å². The minimum atomic E-state index is -0.212. The number of hydrogen-bond acceptors (Lipinski definition) is 2. The van der Waals surface area contributed by atoms with Gasteiger partial charge in [-0.3, -0.25) is 0 Å². The van der Waals surface area contributed by atoms with Crippen LogP contribution in [0.3, 0.4) is 0 Å². The monoisotopic (exact) mass is 210 g/mol. The van der Waals surface area contributed by atoms with Crippen molar-refractivity contribution in [1.29, 1.82) is 0 Å². The number of benzene rings is 1. The quantitative estimate of drug-likeness (QED) is 0.732. The lowest BCUT2D eigenvalue weighted by atomic mass is 9.99. The molecule has 1 aromatic rings. The summed E-state index contributed by atoms with van der Waals surface area (Å²) in [5.74, 6) is -0.208. The first kappa shape index (κ1) is 12.1. The lowest BCUT2D eigenvalue weighted by Gasteiger charge is -2.13. The van der Waals surface area contributed by atoms with E-state index in [2.05, 4.69) is 0 Å². The average Bonchev–Trinajstić information content (AvgIpc) is 2.22. The van der Waals surface area contributed by atoms with Gasteiger partial charge in [-0.05, 0) is 32.4 Å². The number of halogens is 1.